The first kappa shape index (κ1) is 12.8. The lowest BCUT2D eigenvalue weighted by Crippen LogP contribution is -2.12. The molecular formula is C15H13NO3. The molecule has 4 nitrogen and oxygen atoms in total. The molecular weight excluding hydrogens is 242 g/mol. The minimum atomic E-state index is -0.392. The van der Waals surface area contributed by atoms with Crippen molar-refractivity contribution in [1.29, 1.82) is 0 Å². The van der Waals surface area contributed by atoms with Gasteiger partial charge in [-0.1, -0.05) is 6.07 Å². The van der Waals surface area contributed by atoms with Crippen molar-refractivity contribution in [3.63, 3.8) is 0 Å². The molecule has 96 valence electrons. The van der Waals surface area contributed by atoms with E-state index in [9.17, 15) is 14.7 Å². The zero-order chi connectivity index (χ0) is 13.8. The van der Waals surface area contributed by atoms with Crippen molar-refractivity contribution in [1.82, 2.24) is 0 Å². The van der Waals surface area contributed by atoms with Crippen LogP contribution in [0.1, 0.15) is 26.3 Å². The second-order valence-corrected chi connectivity index (χ2v) is 4.21. The van der Waals surface area contributed by atoms with E-state index in [1.54, 1.807) is 36.4 Å². The number of amides is 1. The highest BCUT2D eigenvalue weighted by molar-refractivity contribution is 6.06. The topological polar surface area (TPSA) is 66.4 Å². The van der Waals surface area contributed by atoms with Crippen molar-refractivity contribution in [2.45, 2.75) is 6.92 Å². The summed E-state index contributed by atoms with van der Waals surface area (Å²) < 4.78 is 0. The summed E-state index contributed by atoms with van der Waals surface area (Å²) in [4.78, 5) is 22.5. The van der Waals surface area contributed by atoms with Gasteiger partial charge in [-0.25, -0.2) is 0 Å². The number of aryl methyl sites for hydroxylation is 1. The normalized spacial score (nSPS) is 9.95. The Morgan fingerprint density at radius 3 is 2.42 bits per heavy atom. The summed E-state index contributed by atoms with van der Waals surface area (Å²) in [6, 6.07) is 11.3. The number of phenolic OH excluding ortho intramolecular Hbond substituents is 1. The molecule has 0 fully saturated rings. The Labute approximate surface area is 110 Å². The first-order valence-electron chi connectivity index (χ1n) is 5.76. The lowest BCUT2D eigenvalue weighted by Gasteiger charge is -2.07. The summed E-state index contributed by atoms with van der Waals surface area (Å²) in [5.74, 6) is -0.446. The number of aromatic hydroxyl groups is 1. The van der Waals surface area contributed by atoms with Gasteiger partial charge < -0.3 is 10.4 Å². The summed E-state index contributed by atoms with van der Waals surface area (Å²) >= 11 is 0. The van der Waals surface area contributed by atoms with Crippen LogP contribution in [0.4, 0.5) is 5.69 Å². The van der Waals surface area contributed by atoms with Crippen molar-refractivity contribution < 1.29 is 14.7 Å². The van der Waals surface area contributed by atoms with E-state index in [1.165, 1.54) is 6.07 Å². The highest BCUT2D eigenvalue weighted by Gasteiger charge is 2.11. The fourth-order valence-corrected chi connectivity index (χ4v) is 1.68. The number of carbonyl (C=O) groups is 2. The second kappa shape index (κ2) is 5.35. The standard InChI is InChI=1S/C15H13NO3/c1-10-2-7-13(14(18)8-10)15(19)16-12-5-3-11(9-17)4-6-12/h2-9,18H,1H3,(H,16,19). The molecule has 0 saturated heterocycles. The van der Waals surface area contributed by atoms with Crippen molar-refractivity contribution in [2.24, 2.45) is 0 Å². The van der Waals surface area contributed by atoms with E-state index >= 15 is 0 Å². The first-order chi connectivity index (χ1) is 9.10. The van der Waals surface area contributed by atoms with Crippen LogP contribution >= 0.6 is 0 Å². The maximum Gasteiger partial charge on any atom is 0.259 e. The second-order valence-electron chi connectivity index (χ2n) is 4.21. The molecule has 2 rings (SSSR count). The van der Waals surface area contributed by atoms with Crippen LogP contribution < -0.4 is 5.32 Å². The quantitative estimate of drug-likeness (QED) is 0.829. The van der Waals surface area contributed by atoms with Gasteiger partial charge in [0.25, 0.3) is 5.91 Å². The minimum Gasteiger partial charge on any atom is -0.507 e. The summed E-state index contributed by atoms with van der Waals surface area (Å²) in [7, 11) is 0. The Kier molecular flexibility index (Phi) is 3.61. The summed E-state index contributed by atoms with van der Waals surface area (Å²) in [6.45, 7) is 1.83. The summed E-state index contributed by atoms with van der Waals surface area (Å²) in [6.07, 6.45) is 0.734. The van der Waals surface area contributed by atoms with E-state index < -0.39 is 5.91 Å². The Morgan fingerprint density at radius 2 is 1.84 bits per heavy atom. The molecule has 0 bridgehead atoms. The smallest absolute Gasteiger partial charge is 0.259 e. The predicted octanol–water partition coefficient (Wildman–Crippen LogP) is 2.77. The van der Waals surface area contributed by atoms with Crippen LogP contribution in [0.2, 0.25) is 0 Å². The molecule has 2 N–H and O–H groups in total. The lowest BCUT2D eigenvalue weighted by atomic mass is 10.1. The average molecular weight is 255 g/mol. The molecule has 0 unspecified atom stereocenters. The summed E-state index contributed by atoms with van der Waals surface area (Å²) in [5.41, 5.74) is 2.20. The minimum absolute atomic E-state index is 0.0537. The highest BCUT2D eigenvalue weighted by atomic mass is 16.3. The number of hydrogen-bond donors (Lipinski definition) is 2. The van der Waals surface area contributed by atoms with E-state index in [4.69, 9.17) is 0 Å². The van der Waals surface area contributed by atoms with Crippen molar-refractivity contribution in [2.75, 3.05) is 5.32 Å². The molecule has 0 radical (unpaired) electrons. The molecule has 0 aromatic heterocycles. The fourth-order valence-electron chi connectivity index (χ4n) is 1.68. The zero-order valence-corrected chi connectivity index (χ0v) is 10.4. The van der Waals surface area contributed by atoms with Gasteiger partial charge in [-0.05, 0) is 48.9 Å². The molecule has 1 amide bonds. The number of rotatable bonds is 3. The summed E-state index contributed by atoms with van der Waals surface area (Å²) in [5, 5.41) is 12.4. The maximum absolute atomic E-state index is 12.0. The van der Waals surface area contributed by atoms with Gasteiger partial charge in [0.2, 0.25) is 0 Å². The first-order valence-corrected chi connectivity index (χ1v) is 5.76. The average Bonchev–Trinajstić information content (AvgIpc) is 2.39. The van der Waals surface area contributed by atoms with Crippen molar-refractivity contribution in [3.05, 3.63) is 59.2 Å². The third kappa shape index (κ3) is 2.98. The van der Waals surface area contributed by atoms with Gasteiger partial charge >= 0.3 is 0 Å². The number of carbonyl (C=O) groups excluding carboxylic acids is 2. The molecule has 0 heterocycles. The third-order valence-corrected chi connectivity index (χ3v) is 2.70. The van der Waals surface area contributed by atoms with Gasteiger partial charge in [-0.15, -0.1) is 0 Å². The molecule has 0 aliphatic rings. The number of nitrogens with one attached hydrogen (secondary N) is 1. The van der Waals surface area contributed by atoms with Crippen LogP contribution in [0.5, 0.6) is 5.75 Å². The number of anilines is 1. The third-order valence-electron chi connectivity index (χ3n) is 2.70. The van der Waals surface area contributed by atoms with E-state index in [1.807, 2.05) is 6.92 Å². The van der Waals surface area contributed by atoms with Gasteiger partial charge in [0.15, 0.2) is 0 Å². The largest absolute Gasteiger partial charge is 0.507 e. The van der Waals surface area contributed by atoms with Gasteiger partial charge in [-0.3, -0.25) is 9.59 Å². The van der Waals surface area contributed by atoms with Gasteiger partial charge in [0, 0.05) is 11.3 Å². The van der Waals surface area contributed by atoms with Crippen LogP contribution in [-0.2, 0) is 0 Å². The van der Waals surface area contributed by atoms with Gasteiger partial charge in [0.1, 0.15) is 12.0 Å². The number of benzene rings is 2. The van der Waals surface area contributed by atoms with Gasteiger partial charge in [-0.2, -0.15) is 0 Å². The molecule has 0 aliphatic carbocycles. The molecule has 0 atom stereocenters. The molecule has 2 aromatic carbocycles. The van der Waals surface area contributed by atoms with E-state index in [2.05, 4.69) is 5.32 Å². The number of phenols is 1. The maximum atomic E-state index is 12.0. The van der Waals surface area contributed by atoms with Crippen LogP contribution in [0.3, 0.4) is 0 Å². The predicted molar refractivity (Wildman–Crippen MR) is 72.6 cm³/mol. The van der Waals surface area contributed by atoms with Crippen LogP contribution in [0.15, 0.2) is 42.5 Å². The Bertz CT molecular complexity index is 618. The van der Waals surface area contributed by atoms with Crippen LogP contribution in [0.25, 0.3) is 0 Å². The highest BCUT2D eigenvalue weighted by Crippen LogP contribution is 2.20. The molecule has 0 aliphatic heterocycles. The number of aldehydes is 1. The van der Waals surface area contributed by atoms with Crippen molar-refractivity contribution in [3.8, 4) is 5.75 Å². The molecule has 0 saturated carbocycles. The zero-order valence-electron chi connectivity index (χ0n) is 10.4. The molecule has 0 spiro atoms. The molecule has 19 heavy (non-hydrogen) atoms. The van der Waals surface area contributed by atoms with Crippen LogP contribution in [0, 0.1) is 6.92 Å². The number of hydrogen-bond acceptors (Lipinski definition) is 3. The van der Waals surface area contributed by atoms with E-state index in [-0.39, 0.29) is 11.3 Å². The van der Waals surface area contributed by atoms with E-state index in [0.29, 0.717) is 11.3 Å². The SMILES string of the molecule is Cc1ccc(C(=O)Nc2ccc(C=O)cc2)c(O)c1. The Hall–Kier alpha value is -2.62. The monoisotopic (exact) mass is 255 g/mol. The van der Waals surface area contributed by atoms with Crippen LogP contribution in [-0.4, -0.2) is 17.3 Å². The Balaban J connectivity index is 2.18. The lowest BCUT2D eigenvalue weighted by molar-refractivity contribution is 0.102. The van der Waals surface area contributed by atoms with Crippen molar-refractivity contribution >= 4 is 17.9 Å². The van der Waals surface area contributed by atoms with E-state index in [0.717, 1.165) is 11.8 Å². The Morgan fingerprint density at radius 1 is 1.16 bits per heavy atom. The van der Waals surface area contributed by atoms with Gasteiger partial charge in [0.05, 0.1) is 5.56 Å². The molecule has 2 aromatic rings. The molecule has 4 heteroatoms. The fraction of sp³-hybridized carbons (Fsp3) is 0.0667.